The van der Waals surface area contributed by atoms with E-state index in [0.29, 0.717) is 0 Å². The summed E-state index contributed by atoms with van der Waals surface area (Å²) >= 11 is 0. The molecule has 1 aliphatic rings. The summed E-state index contributed by atoms with van der Waals surface area (Å²) in [5.41, 5.74) is -1.50. The summed E-state index contributed by atoms with van der Waals surface area (Å²) in [6.45, 7) is 3.16. The molecule has 70 valence electrons. The molecule has 1 rings (SSSR count). The molecule has 1 heterocycles. The van der Waals surface area contributed by atoms with Crippen molar-refractivity contribution in [1.29, 1.82) is 5.41 Å². The van der Waals surface area contributed by atoms with E-state index in [1.165, 1.54) is 36.4 Å². The van der Waals surface area contributed by atoms with E-state index in [-0.39, 0.29) is 5.84 Å². The fourth-order valence-corrected chi connectivity index (χ4v) is 0.896. The highest BCUT2D eigenvalue weighted by atomic mass is 19.1. The van der Waals surface area contributed by atoms with E-state index in [0.717, 1.165) is 0 Å². The molecule has 0 fully saturated rings. The average Bonchev–Trinajstić information content (AvgIpc) is 2.18. The van der Waals surface area contributed by atoms with Crippen molar-refractivity contribution in [2.45, 2.75) is 19.5 Å². The third-order valence-electron chi connectivity index (χ3n) is 1.60. The number of rotatable bonds is 1. The Morgan fingerprint density at radius 3 is 2.92 bits per heavy atom. The second-order valence-corrected chi connectivity index (χ2v) is 2.90. The summed E-state index contributed by atoms with van der Waals surface area (Å²) in [5.74, 6) is 0.149. The average molecular weight is 181 g/mol. The number of allylic oxidation sites excluding steroid dienone is 2. The zero-order valence-electron chi connectivity index (χ0n) is 7.66. The van der Waals surface area contributed by atoms with Gasteiger partial charge in [-0.1, -0.05) is 0 Å². The Morgan fingerprint density at radius 2 is 2.31 bits per heavy atom. The Morgan fingerprint density at radius 1 is 1.62 bits per heavy atom. The van der Waals surface area contributed by atoms with Gasteiger partial charge in [0.2, 0.25) is 0 Å². The van der Waals surface area contributed by atoms with Gasteiger partial charge in [-0.2, -0.15) is 5.10 Å². The number of hydrogen-bond acceptors (Lipinski definition) is 2. The molecule has 0 bridgehead atoms. The highest BCUT2D eigenvalue weighted by Gasteiger charge is 2.18. The molecule has 0 aromatic carbocycles. The molecule has 13 heavy (non-hydrogen) atoms. The van der Waals surface area contributed by atoms with Crippen LogP contribution in [0.15, 0.2) is 29.5 Å². The smallest absolute Gasteiger partial charge is 0.146 e. The van der Waals surface area contributed by atoms with Crippen LogP contribution in [0.4, 0.5) is 4.39 Å². The predicted octanol–water partition coefficient (Wildman–Crippen LogP) is 2.08. The lowest BCUT2D eigenvalue weighted by Gasteiger charge is -2.10. The van der Waals surface area contributed by atoms with Crippen molar-refractivity contribution >= 4 is 12.1 Å². The van der Waals surface area contributed by atoms with Crippen LogP contribution < -0.4 is 0 Å². The highest BCUT2D eigenvalue weighted by Crippen LogP contribution is 2.17. The minimum Gasteiger partial charge on any atom is -0.283 e. The van der Waals surface area contributed by atoms with Gasteiger partial charge in [0.05, 0.1) is 0 Å². The molecule has 1 atom stereocenters. The molecule has 0 aromatic rings. The van der Waals surface area contributed by atoms with E-state index in [9.17, 15) is 4.39 Å². The number of amidine groups is 1. The third-order valence-corrected chi connectivity index (χ3v) is 1.60. The summed E-state index contributed by atoms with van der Waals surface area (Å²) in [4.78, 5) is 0. The van der Waals surface area contributed by atoms with Gasteiger partial charge in [-0.25, -0.2) is 9.40 Å². The first-order valence-corrected chi connectivity index (χ1v) is 3.99. The number of nitrogens with one attached hydrogen (secondary N) is 1. The first-order chi connectivity index (χ1) is 6.05. The molecule has 0 amide bonds. The second-order valence-electron chi connectivity index (χ2n) is 2.90. The molecule has 1 N–H and O–H groups in total. The lowest BCUT2D eigenvalue weighted by Crippen LogP contribution is -2.15. The van der Waals surface area contributed by atoms with Gasteiger partial charge in [-0.3, -0.25) is 5.41 Å². The van der Waals surface area contributed by atoms with Gasteiger partial charge in [0.15, 0.2) is 0 Å². The molecular formula is C9H12FN3. The van der Waals surface area contributed by atoms with Gasteiger partial charge >= 0.3 is 0 Å². The number of hydrazone groups is 1. The molecule has 0 saturated heterocycles. The number of halogens is 1. The van der Waals surface area contributed by atoms with E-state index in [1.807, 2.05) is 0 Å². The molecule has 0 spiro atoms. The van der Waals surface area contributed by atoms with Gasteiger partial charge in [-0.15, -0.1) is 0 Å². The maximum absolute atomic E-state index is 13.4. The fraction of sp³-hybridized carbons (Fsp3) is 0.333. The first-order valence-electron chi connectivity index (χ1n) is 3.99. The Labute approximate surface area is 76.7 Å². The van der Waals surface area contributed by atoms with E-state index >= 15 is 0 Å². The van der Waals surface area contributed by atoms with Gasteiger partial charge < -0.3 is 0 Å². The van der Waals surface area contributed by atoms with Crippen molar-refractivity contribution in [3.05, 3.63) is 24.4 Å². The predicted molar refractivity (Wildman–Crippen MR) is 51.5 cm³/mol. The van der Waals surface area contributed by atoms with E-state index in [1.54, 1.807) is 13.1 Å². The van der Waals surface area contributed by atoms with Gasteiger partial charge in [0.25, 0.3) is 0 Å². The minimum atomic E-state index is -1.50. The van der Waals surface area contributed by atoms with Crippen molar-refractivity contribution < 1.29 is 4.39 Å². The minimum absolute atomic E-state index is 0.149. The van der Waals surface area contributed by atoms with Crippen molar-refractivity contribution in [3.63, 3.8) is 0 Å². The summed E-state index contributed by atoms with van der Waals surface area (Å²) in [7, 11) is 0. The molecule has 1 unspecified atom stereocenters. The summed E-state index contributed by atoms with van der Waals surface area (Å²) < 4.78 is 13.4. The summed E-state index contributed by atoms with van der Waals surface area (Å²) in [6.07, 6.45) is 7.08. The highest BCUT2D eigenvalue weighted by molar-refractivity contribution is 5.91. The standard InChI is InChI=1S/C9H12FN3/c1-3-12-13-7-6-9(2,10)5-4-8(13)11/h3-7,11H,1-2H3/b11-8?,12-3-. The van der Waals surface area contributed by atoms with Crippen LogP contribution in [-0.2, 0) is 0 Å². The van der Waals surface area contributed by atoms with Crippen LogP contribution in [0.1, 0.15) is 13.8 Å². The largest absolute Gasteiger partial charge is 0.283 e. The summed E-state index contributed by atoms with van der Waals surface area (Å²) in [5, 5.41) is 12.6. The molecule has 3 nitrogen and oxygen atoms in total. The number of alkyl halides is 1. The number of hydrogen-bond donors (Lipinski definition) is 1. The topological polar surface area (TPSA) is 39.5 Å². The normalized spacial score (nSPS) is 28.5. The van der Waals surface area contributed by atoms with Gasteiger partial charge in [-0.05, 0) is 32.1 Å². The van der Waals surface area contributed by atoms with Crippen molar-refractivity contribution in [3.8, 4) is 0 Å². The second kappa shape index (κ2) is 3.51. The Balaban J connectivity index is 2.93. The van der Waals surface area contributed by atoms with E-state index in [4.69, 9.17) is 5.41 Å². The van der Waals surface area contributed by atoms with Crippen LogP contribution >= 0.6 is 0 Å². The van der Waals surface area contributed by atoms with Crippen LogP contribution in [-0.4, -0.2) is 22.7 Å². The molecule has 1 aliphatic heterocycles. The Kier molecular flexibility index (Phi) is 2.60. The van der Waals surface area contributed by atoms with Crippen molar-refractivity contribution in [1.82, 2.24) is 5.01 Å². The van der Waals surface area contributed by atoms with Crippen LogP contribution in [0.2, 0.25) is 0 Å². The molecule has 0 aliphatic carbocycles. The molecule has 0 saturated carbocycles. The van der Waals surface area contributed by atoms with Gasteiger partial charge in [0.1, 0.15) is 11.5 Å². The maximum atomic E-state index is 13.4. The first kappa shape index (κ1) is 9.64. The monoisotopic (exact) mass is 181 g/mol. The van der Waals surface area contributed by atoms with Crippen molar-refractivity contribution in [2.75, 3.05) is 0 Å². The molecule has 0 aromatic heterocycles. The van der Waals surface area contributed by atoms with Crippen LogP contribution in [0.25, 0.3) is 0 Å². The van der Waals surface area contributed by atoms with Crippen LogP contribution in [0.5, 0.6) is 0 Å². The lowest BCUT2D eigenvalue weighted by molar-refractivity contribution is 0.327. The molecule has 4 heteroatoms. The van der Waals surface area contributed by atoms with Gasteiger partial charge in [0, 0.05) is 12.4 Å². The molecule has 0 radical (unpaired) electrons. The Bertz CT molecular complexity index is 289. The third kappa shape index (κ3) is 2.50. The molecular weight excluding hydrogens is 169 g/mol. The quantitative estimate of drug-likeness (QED) is 0.618. The SMILES string of the molecule is C/C=N\N1C=CC(C)(F)C=CC1=N. The van der Waals surface area contributed by atoms with E-state index < -0.39 is 5.67 Å². The lowest BCUT2D eigenvalue weighted by atomic mass is 10.1. The number of nitrogens with zero attached hydrogens (tertiary/aromatic N) is 2. The van der Waals surface area contributed by atoms with Crippen molar-refractivity contribution in [2.24, 2.45) is 5.10 Å². The zero-order valence-corrected chi connectivity index (χ0v) is 7.66. The zero-order chi connectivity index (χ0) is 9.90. The van der Waals surface area contributed by atoms with E-state index in [2.05, 4.69) is 5.10 Å². The summed E-state index contributed by atoms with van der Waals surface area (Å²) in [6, 6.07) is 0. The van der Waals surface area contributed by atoms with Crippen LogP contribution in [0, 0.1) is 5.41 Å². The Hall–Kier alpha value is -1.45. The maximum Gasteiger partial charge on any atom is 0.146 e. The fourth-order valence-electron chi connectivity index (χ4n) is 0.896. The van der Waals surface area contributed by atoms with Crippen LogP contribution in [0.3, 0.4) is 0 Å².